The van der Waals surface area contributed by atoms with Gasteiger partial charge in [0.05, 0.1) is 104 Å². The van der Waals surface area contributed by atoms with Crippen molar-refractivity contribution >= 4 is 35.6 Å². The van der Waals surface area contributed by atoms with Crippen molar-refractivity contribution in [3.8, 4) is 0 Å². The number of hydrogen-bond donors (Lipinski definition) is 13. The second-order valence-corrected chi connectivity index (χ2v) is 29.9. The van der Waals surface area contributed by atoms with Crippen LogP contribution in [0.15, 0.2) is 60.2 Å². The van der Waals surface area contributed by atoms with Crippen LogP contribution in [0.5, 0.6) is 0 Å². The largest absolute Gasteiger partial charge is 0.462 e. The van der Waals surface area contributed by atoms with Crippen molar-refractivity contribution in [2.75, 3.05) is 0 Å². The van der Waals surface area contributed by atoms with Gasteiger partial charge in [-0.3, -0.25) is 19.2 Å². The number of esters is 3. The van der Waals surface area contributed by atoms with E-state index in [0.29, 0.717) is 42.4 Å². The molecule has 1 aliphatic carbocycles. The molecule has 5 aliphatic heterocycles. The lowest BCUT2D eigenvalue weighted by Gasteiger charge is -2.47. The SMILES string of the molecule is CC(=O)O[C@H]1C[C@@H](O)C[C@H](O)C[C@@H](O)[C@@H]2O[C@H]2[C@@H](C)[C@@H]([C@@H](C)[C@@H](O)[C@H](C)[C@@H](O)[C@@H](C)[C@@H](C)O[C@H]2CC[C@H](O[C@@H]3CC[C@@H](OC(=O)C(C)C(O)/C(C)=C/c4ccc5c(c4)C(=O)C=CC5=O)[C@H](C)O3)[C@H](C)O2)OC(=O)/C=C/[C@H](C)[C@@H](O)C[C@H](O)/C=C/CC[C@@H](C)[C@@H](O)[C@H](O)[C@@]2(O)O[C@@H](C1)C[C@@H](O)[C@@H]2O. The molecule has 27 heteroatoms. The molecule has 4 fully saturated rings. The third-order valence-corrected chi connectivity index (χ3v) is 21.6. The van der Waals surface area contributed by atoms with E-state index in [1.807, 2.05) is 6.92 Å². The van der Waals surface area contributed by atoms with Crippen molar-refractivity contribution in [2.24, 2.45) is 41.4 Å². The standard InChI is InChI=1S/C75H114O27/c1-35-17-24-62(85)100-69(42(8)70-71(101-70)58(83)32-50(79)29-49(78)30-51(97-46(12)76)33-52-34-59(84)72(90)75(93,102-52)73(91)66(87)36(2)15-13-14-16-48(77)31-57(35)82)40(6)68(89)39(5)67(88)38(4)43(9)94-63-25-22-60(44(10)95-63)98-64-26-23-61(45(11)96-64)99-74(92)41(7)65(86)37(3)27-47-18-19-53-54(28-47)56(81)21-20-55(53)80/h14,16-21,24,27-28,35-36,38-45,48-52,57-61,63-73,77-79,82-84,86-91,93H,13,15,22-23,25-26,29-34H2,1-12H3/b16-14+,24-17+,37-27+/t35-,36+,38-,39+,40-,41?,42-,43+,44-,45-,48+,49-,50-,51-,52-,57-,58+,59+,60-,61+,63+,64+,65?,66+,67-,68-,69+,70-,71-,72-,73-,75-/m0/s1. The van der Waals surface area contributed by atoms with Crippen LogP contribution >= 0.6 is 0 Å². The molecule has 2 bridgehead atoms. The summed E-state index contributed by atoms with van der Waals surface area (Å²) in [6.45, 7) is 19.7. The van der Waals surface area contributed by atoms with Gasteiger partial charge in [0.25, 0.3) is 0 Å². The Morgan fingerprint density at radius 2 is 1.27 bits per heavy atom. The second kappa shape index (κ2) is 37.6. The lowest BCUT2D eigenvalue weighted by molar-refractivity contribution is -0.367. The maximum absolute atomic E-state index is 13.8. The first-order valence-electron chi connectivity index (χ1n) is 36.3. The molecule has 102 heavy (non-hydrogen) atoms. The summed E-state index contributed by atoms with van der Waals surface area (Å²) in [5, 5.41) is 147. The van der Waals surface area contributed by atoms with Crippen molar-refractivity contribution in [1.82, 2.24) is 0 Å². The first-order chi connectivity index (χ1) is 47.9. The molecule has 7 rings (SSSR count). The Morgan fingerprint density at radius 1 is 0.637 bits per heavy atom. The van der Waals surface area contributed by atoms with E-state index >= 15 is 0 Å². The van der Waals surface area contributed by atoms with E-state index in [-0.39, 0.29) is 74.6 Å². The molecule has 32 atom stereocenters. The average molecular weight is 1450 g/mol. The number of allylic oxidation sites excluding steroid dienone is 3. The van der Waals surface area contributed by atoms with Gasteiger partial charge >= 0.3 is 17.9 Å². The van der Waals surface area contributed by atoms with Crippen LogP contribution in [0.1, 0.15) is 186 Å². The number of carbonyl (C=O) groups is 5. The number of ketones is 2. The van der Waals surface area contributed by atoms with Gasteiger partial charge in [-0.1, -0.05) is 71.9 Å². The van der Waals surface area contributed by atoms with E-state index in [2.05, 4.69) is 0 Å². The highest BCUT2D eigenvalue weighted by molar-refractivity contribution is 6.22. The van der Waals surface area contributed by atoms with Crippen molar-refractivity contribution in [3.05, 3.63) is 76.9 Å². The maximum Gasteiger partial charge on any atom is 0.330 e. The molecule has 1 aromatic rings. The van der Waals surface area contributed by atoms with Crippen molar-refractivity contribution < 1.29 is 133 Å². The molecule has 0 aromatic heterocycles. The van der Waals surface area contributed by atoms with Crippen LogP contribution in [-0.4, -0.2) is 249 Å². The smallest absolute Gasteiger partial charge is 0.330 e. The number of ether oxygens (including phenoxy) is 9. The van der Waals surface area contributed by atoms with Crippen molar-refractivity contribution in [3.63, 3.8) is 0 Å². The summed E-state index contributed by atoms with van der Waals surface area (Å²) in [6.07, 6.45) is -16.7. The number of cyclic esters (lactones) is 1. The number of benzene rings is 1. The molecule has 0 spiro atoms. The fourth-order valence-corrected chi connectivity index (χ4v) is 14.7. The first-order valence-corrected chi connectivity index (χ1v) is 36.3. The molecule has 576 valence electrons. The molecule has 13 N–H and O–H groups in total. The van der Waals surface area contributed by atoms with E-state index in [1.54, 1.807) is 99.6 Å². The van der Waals surface area contributed by atoms with E-state index in [4.69, 9.17) is 42.6 Å². The fourth-order valence-electron chi connectivity index (χ4n) is 14.7. The molecule has 1 aromatic carbocycles. The van der Waals surface area contributed by atoms with E-state index in [1.165, 1.54) is 24.3 Å². The van der Waals surface area contributed by atoms with E-state index in [9.17, 15) is 90.4 Å². The molecule has 27 nitrogen and oxygen atoms in total. The monoisotopic (exact) mass is 1450 g/mol. The summed E-state index contributed by atoms with van der Waals surface area (Å²) in [6, 6.07) is 4.81. The zero-order valence-corrected chi connectivity index (χ0v) is 60.7. The zero-order chi connectivity index (χ0) is 75.5. The van der Waals surface area contributed by atoms with Gasteiger partial charge in [0.15, 0.2) is 24.1 Å². The minimum atomic E-state index is -2.90. The van der Waals surface area contributed by atoms with Crippen LogP contribution in [-0.2, 0) is 57.0 Å². The second-order valence-electron chi connectivity index (χ2n) is 29.9. The summed E-state index contributed by atoms with van der Waals surface area (Å²) in [7, 11) is 0. The average Bonchev–Trinajstić information content (AvgIpc) is 1.26. The van der Waals surface area contributed by atoms with Crippen LogP contribution in [0.3, 0.4) is 0 Å². The van der Waals surface area contributed by atoms with Crippen molar-refractivity contribution in [1.29, 1.82) is 0 Å². The van der Waals surface area contributed by atoms with Gasteiger partial charge in [0.1, 0.15) is 36.6 Å². The Bertz CT molecular complexity index is 3050. The summed E-state index contributed by atoms with van der Waals surface area (Å²) < 4.78 is 54.6. The molecule has 4 saturated heterocycles. The van der Waals surface area contributed by atoms with E-state index in [0.717, 1.165) is 13.0 Å². The highest BCUT2D eigenvalue weighted by atomic mass is 16.7. The Hall–Kier alpha value is -4.83. The summed E-state index contributed by atoms with van der Waals surface area (Å²) in [5.41, 5.74) is 1.61. The topological polar surface area (TPSA) is 435 Å². The predicted molar refractivity (Wildman–Crippen MR) is 366 cm³/mol. The molecule has 0 amide bonds. The van der Waals surface area contributed by atoms with Gasteiger partial charge < -0.3 is 109 Å². The Morgan fingerprint density at radius 3 is 1.94 bits per heavy atom. The molecule has 2 unspecified atom stereocenters. The number of rotatable bonds is 16. The number of epoxide rings is 1. The molecule has 0 radical (unpaired) electrons. The van der Waals surface area contributed by atoms with Crippen LogP contribution in [0.25, 0.3) is 6.08 Å². The number of fused-ring (bicyclic) bond motifs is 4. The molecule has 6 aliphatic rings. The van der Waals surface area contributed by atoms with Gasteiger partial charge in [-0.05, 0) is 108 Å². The zero-order valence-electron chi connectivity index (χ0n) is 60.7. The van der Waals surface area contributed by atoms with Gasteiger partial charge in [-0.25, -0.2) is 4.79 Å². The number of aliphatic hydroxyl groups is 13. The van der Waals surface area contributed by atoms with Crippen LogP contribution < -0.4 is 0 Å². The highest BCUT2D eigenvalue weighted by Crippen LogP contribution is 2.42. The number of aliphatic hydroxyl groups excluding tert-OH is 12. The first kappa shape index (κ1) is 84.4. The summed E-state index contributed by atoms with van der Waals surface area (Å²) in [4.78, 5) is 64.2. The predicted octanol–water partition coefficient (Wildman–Crippen LogP) is 3.51. The molecule has 5 heterocycles. The third kappa shape index (κ3) is 22.4. The van der Waals surface area contributed by atoms with Crippen LogP contribution in [0, 0.1) is 41.4 Å². The highest BCUT2D eigenvalue weighted by Gasteiger charge is 2.57. The summed E-state index contributed by atoms with van der Waals surface area (Å²) in [5.74, 6) is -11.2. The Labute approximate surface area is 597 Å². The van der Waals surface area contributed by atoms with Gasteiger partial charge in [0, 0.05) is 98.7 Å². The third-order valence-electron chi connectivity index (χ3n) is 21.6. The number of hydrogen-bond acceptors (Lipinski definition) is 27. The van der Waals surface area contributed by atoms with E-state index < -0.39 is 206 Å². The quantitative estimate of drug-likeness (QED) is 0.0487. The number of carbonyl (C=O) groups excluding carboxylic acids is 5. The van der Waals surface area contributed by atoms with Crippen LogP contribution in [0.4, 0.5) is 0 Å². The minimum Gasteiger partial charge on any atom is -0.462 e. The molecular weight excluding hydrogens is 1330 g/mol. The van der Waals surface area contributed by atoms with Gasteiger partial charge in [0.2, 0.25) is 5.79 Å². The minimum absolute atomic E-state index is 0.157. The Balaban J connectivity index is 0.935. The van der Waals surface area contributed by atoms with Gasteiger partial charge in [-0.15, -0.1) is 0 Å². The lowest BCUT2D eigenvalue weighted by Crippen LogP contribution is -2.67. The normalized spacial score (nSPS) is 39.9. The lowest BCUT2D eigenvalue weighted by atomic mass is 9.77. The van der Waals surface area contributed by atoms with Crippen LogP contribution in [0.2, 0.25) is 0 Å². The Kier molecular flexibility index (Phi) is 31.1. The summed E-state index contributed by atoms with van der Waals surface area (Å²) >= 11 is 0. The fraction of sp³-hybridized carbons (Fsp3) is 0.747. The van der Waals surface area contributed by atoms with Crippen molar-refractivity contribution in [2.45, 2.75) is 313 Å². The maximum atomic E-state index is 13.8. The van der Waals surface area contributed by atoms with Gasteiger partial charge in [-0.2, -0.15) is 0 Å². The molecular formula is C75H114O27. The molecule has 0 saturated carbocycles.